The van der Waals surface area contributed by atoms with Gasteiger partial charge in [0.1, 0.15) is 10.8 Å². The summed E-state index contributed by atoms with van der Waals surface area (Å²) in [4.78, 5) is 25.8. The van der Waals surface area contributed by atoms with E-state index in [1.807, 2.05) is 20.8 Å². The summed E-state index contributed by atoms with van der Waals surface area (Å²) in [5, 5.41) is 3.63. The van der Waals surface area contributed by atoms with Crippen molar-refractivity contribution in [3.05, 3.63) is 33.8 Å². The molecule has 0 aliphatic rings. The Bertz CT molecular complexity index is 623. The van der Waals surface area contributed by atoms with E-state index in [1.165, 1.54) is 6.20 Å². The number of aromatic nitrogens is 3. The van der Waals surface area contributed by atoms with E-state index in [1.54, 1.807) is 17.5 Å². The zero-order valence-electron chi connectivity index (χ0n) is 11.7. The third-order valence-electron chi connectivity index (χ3n) is 2.64. The highest BCUT2D eigenvalue weighted by Crippen LogP contribution is 2.14. The summed E-state index contributed by atoms with van der Waals surface area (Å²) in [5.74, 6) is 0.442. The van der Waals surface area contributed by atoms with Crippen molar-refractivity contribution in [3.63, 3.8) is 0 Å². The van der Waals surface area contributed by atoms with Gasteiger partial charge in [0.05, 0.1) is 18.4 Å². The van der Waals surface area contributed by atoms with Gasteiger partial charge in [0.15, 0.2) is 5.69 Å². The van der Waals surface area contributed by atoms with Crippen molar-refractivity contribution in [2.75, 3.05) is 5.73 Å². The van der Waals surface area contributed by atoms with Crippen molar-refractivity contribution in [1.29, 1.82) is 0 Å². The molecule has 0 unspecified atom stereocenters. The predicted molar refractivity (Wildman–Crippen MR) is 78.6 cm³/mol. The Morgan fingerprint density at radius 2 is 2.15 bits per heavy atom. The summed E-state index contributed by atoms with van der Waals surface area (Å²) in [6.07, 6.45) is 3.26. The van der Waals surface area contributed by atoms with Gasteiger partial charge in [-0.05, 0) is 6.92 Å². The summed E-state index contributed by atoms with van der Waals surface area (Å²) < 4.78 is 0. The van der Waals surface area contributed by atoms with Crippen LogP contribution in [-0.2, 0) is 6.54 Å². The van der Waals surface area contributed by atoms with Crippen molar-refractivity contribution >= 4 is 22.9 Å². The topological polar surface area (TPSA) is 93.8 Å². The summed E-state index contributed by atoms with van der Waals surface area (Å²) in [6.45, 7) is 6.27. The minimum atomic E-state index is -0.306. The Labute approximate surface area is 121 Å². The van der Waals surface area contributed by atoms with Gasteiger partial charge in [0.25, 0.3) is 5.91 Å². The Morgan fingerprint density at radius 3 is 2.75 bits per heavy atom. The summed E-state index contributed by atoms with van der Waals surface area (Å²) in [6, 6.07) is 0. The number of nitrogens with two attached hydrogens (primary N) is 1. The van der Waals surface area contributed by atoms with Crippen LogP contribution < -0.4 is 11.1 Å². The van der Waals surface area contributed by atoms with Crippen molar-refractivity contribution in [2.24, 2.45) is 0 Å². The van der Waals surface area contributed by atoms with Gasteiger partial charge in [-0.2, -0.15) is 0 Å². The van der Waals surface area contributed by atoms with E-state index in [4.69, 9.17) is 5.73 Å². The number of rotatable bonds is 4. The number of hydrogen-bond acceptors (Lipinski definition) is 6. The molecule has 6 nitrogen and oxygen atoms in total. The molecule has 0 spiro atoms. The maximum Gasteiger partial charge on any atom is 0.272 e. The predicted octanol–water partition coefficient (Wildman–Crippen LogP) is 1.88. The molecule has 0 aromatic carbocycles. The lowest BCUT2D eigenvalue weighted by atomic mass is 10.2. The van der Waals surface area contributed by atoms with Crippen molar-refractivity contribution in [1.82, 2.24) is 20.3 Å². The van der Waals surface area contributed by atoms with Gasteiger partial charge in [-0.25, -0.2) is 15.0 Å². The van der Waals surface area contributed by atoms with E-state index < -0.39 is 0 Å². The fourth-order valence-electron chi connectivity index (χ4n) is 1.59. The van der Waals surface area contributed by atoms with Gasteiger partial charge in [0.2, 0.25) is 0 Å². The Kier molecular flexibility index (Phi) is 4.29. The smallest absolute Gasteiger partial charge is 0.272 e. The second-order valence-electron chi connectivity index (χ2n) is 4.73. The van der Waals surface area contributed by atoms with Gasteiger partial charge in [-0.3, -0.25) is 4.79 Å². The largest absolute Gasteiger partial charge is 0.396 e. The number of carbonyl (C=O) groups is 1. The van der Waals surface area contributed by atoms with E-state index in [9.17, 15) is 4.79 Å². The average Bonchev–Trinajstić information content (AvgIpc) is 2.82. The number of nitrogens with zero attached hydrogens (tertiary/aromatic N) is 3. The lowest BCUT2D eigenvalue weighted by Crippen LogP contribution is -2.25. The molecular formula is C13H17N5OS. The SMILES string of the molecule is Cc1cnc(CNC(=O)c2nc(C(C)C)ncc2N)s1. The molecule has 2 rings (SSSR count). The van der Waals surface area contributed by atoms with Crippen LogP contribution in [0.1, 0.15) is 46.0 Å². The summed E-state index contributed by atoms with van der Waals surface area (Å²) in [7, 11) is 0. The van der Waals surface area contributed by atoms with Gasteiger partial charge < -0.3 is 11.1 Å². The van der Waals surface area contributed by atoms with Crippen LogP contribution >= 0.6 is 11.3 Å². The van der Waals surface area contributed by atoms with Crippen LogP contribution in [0.4, 0.5) is 5.69 Å². The molecule has 20 heavy (non-hydrogen) atoms. The quantitative estimate of drug-likeness (QED) is 0.897. The summed E-state index contributed by atoms with van der Waals surface area (Å²) >= 11 is 1.55. The van der Waals surface area contributed by atoms with Crippen LogP contribution in [0, 0.1) is 6.92 Å². The van der Waals surface area contributed by atoms with E-state index in [0.29, 0.717) is 12.4 Å². The van der Waals surface area contributed by atoms with Crippen LogP contribution in [-0.4, -0.2) is 20.9 Å². The maximum absolute atomic E-state index is 12.1. The number of carbonyl (C=O) groups excluding carboxylic acids is 1. The van der Waals surface area contributed by atoms with E-state index in [2.05, 4.69) is 20.3 Å². The van der Waals surface area contributed by atoms with Crippen LogP contribution in [0.25, 0.3) is 0 Å². The number of nitrogen functional groups attached to an aromatic ring is 1. The molecule has 0 radical (unpaired) electrons. The van der Waals surface area contributed by atoms with Crippen LogP contribution in [0.2, 0.25) is 0 Å². The van der Waals surface area contributed by atoms with E-state index >= 15 is 0 Å². The first-order valence-corrected chi connectivity index (χ1v) is 7.11. The molecule has 106 valence electrons. The molecule has 0 fully saturated rings. The first-order valence-electron chi connectivity index (χ1n) is 6.29. The van der Waals surface area contributed by atoms with E-state index in [-0.39, 0.29) is 23.2 Å². The molecule has 0 bridgehead atoms. The minimum absolute atomic E-state index is 0.142. The Hall–Kier alpha value is -2.02. The van der Waals surface area contributed by atoms with Gasteiger partial charge in [-0.1, -0.05) is 13.8 Å². The van der Waals surface area contributed by atoms with Crippen molar-refractivity contribution in [2.45, 2.75) is 33.2 Å². The molecule has 2 heterocycles. The molecule has 3 N–H and O–H groups in total. The molecule has 1 amide bonds. The number of amides is 1. The highest BCUT2D eigenvalue weighted by atomic mass is 32.1. The molecule has 7 heteroatoms. The number of thiazole rings is 1. The first-order chi connectivity index (χ1) is 9.47. The normalized spacial score (nSPS) is 10.8. The fourth-order valence-corrected chi connectivity index (χ4v) is 2.31. The minimum Gasteiger partial charge on any atom is -0.396 e. The number of anilines is 1. The lowest BCUT2D eigenvalue weighted by Gasteiger charge is -2.08. The Morgan fingerprint density at radius 1 is 1.40 bits per heavy atom. The van der Waals surface area contributed by atoms with Gasteiger partial charge in [-0.15, -0.1) is 11.3 Å². The monoisotopic (exact) mass is 291 g/mol. The zero-order chi connectivity index (χ0) is 14.7. The third kappa shape index (κ3) is 3.30. The molecule has 0 atom stereocenters. The molecule has 0 saturated heterocycles. The number of nitrogens with one attached hydrogen (secondary N) is 1. The van der Waals surface area contributed by atoms with Crippen LogP contribution in [0.3, 0.4) is 0 Å². The van der Waals surface area contributed by atoms with E-state index in [0.717, 1.165) is 9.88 Å². The molecule has 0 aliphatic carbocycles. The zero-order valence-corrected chi connectivity index (χ0v) is 12.5. The second-order valence-corrected chi connectivity index (χ2v) is 6.05. The average molecular weight is 291 g/mol. The maximum atomic E-state index is 12.1. The highest BCUT2D eigenvalue weighted by molar-refractivity contribution is 7.11. The third-order valence-corrected chi connectivity index (χ3v) is 3.55. The van der Waals surface area contributed by atoms with Gasteiger partial charge in [0, 0.05) is 17.0 Å². The second kappa shape index (κ2) is 5.96. The summed E-state index contributed by atoms with van der Waals surface area (Å²) in [5.41, 5.74) is 6.26. The fraction of sp³-hybridized carbons (Fsp3) is 0.385. The number of aryl methyl sites for hydroxylation is 1. The molecular weight excluding hydrogens is 274 g/mol. The molecule has 0 saturated carbocycles. The number of hydrogen-bond donors (Lipinski definition) is 2. The first kappa shape index (κ1) is 14.4. The van der Waals surface area contributed by atoms with Crippen molar-refractivity contribution < 1.29 is 4.79 Å². The molecule has 2 aromatic heterocycles. The lowest BCUT2D eigenvalue weighted by molar-refractivity contribution is 0.0946. The molecule has 2 aromatic rings. The standard InChI is InChI=1S/C13H17N5OS/c1-7(2)12-16-5-9(14)11(18-12)13(19)17-6-10-15-4-8(3)20-10/h4-5,7H,6,14H2,1-3H3,(H,17,19). The van der Waals surface area contributed by atoms with Crippen LogP contribution in [0.15, 0.2) is 12.4 Å². The van der Waals surface area contributed by atoms with Crippen molar-refractivity contribution in [3.8, 4) is 0 Å². The Balaban J connectivity index is 2.10. The van der Waals surface area contributed by atoms with Gasteiger partial charge >= 0.3 is 0 Å². The highest BCUT2D eigenvalue weighted by Gasteiger charge is 2.15. The molecule has 0 aliphatic heterocycles. The van der Waals surface area contributed by atoms with Crippen LogP contribution in [0.5, 0.6) is 0 Å².